The van der Waals surface area contributed by atoms with E-state index >= 15 is 0 Å². The number of halogens is 4. The maximum atomic E-state index is 13.0. The van der Waals surface area contributed by atoms with Crippen LogP contribution in [0.2, 0.25) is 5.02 Å². The number of nitrogens with one attached hydrogen (secondary N) is 1. The monoisotopic (exact) mass is 558 g/mol. The maximum absolute atomic E-state index is 13.0. The normalized spacial score (nSPS) is 17.3. The first-order valence-electron chi connectivity index (χ1n) is 11.8. The number of benzene rings is 3. The number of cyclic esters (lactones) is 1. The van der Waals surface area contributed by atoms with Crippen LogP contribution in [0, 0.1) is 6.92 Å². The summed E-state index contributed by atoms with van der Waals surface area (Å²) in [6, 6.07) is 18.0. The third kappa shape index (κ3) is 5.51. The van der Waals surface area contributed by atoms with Crippen molar-refractivity contribution in [2.75, 3.05) is 0 Å². The first-order valence-corrected chi connectivity index (χ1v) is 12.2. The number of aromatic nitrogens is 1. The highest BCUT2D eigenvalue weighted by atomic mass is 35.5. The molecule has 3 aromatic carbocycles. The van der Waals surface area contributed by atoms with Gasteiger partial charge in [0, 0.05) is 29.4 Å². The van der Waals surface area contributed by atoms with Crippen LogP contribution in [0.4, 0.5) is 18.0 Å². The summed E-state index contributed by atoms with van der Waals surface area (Å²) in [6.07, 6.45) is -5.56. The molecule has 0 spiro atoms. The van der Waals surface area contributed by atoms with Crippen LogP contribution in [0.5, 0.6) is 17.2 Å². The minimum absolute atomic E-state index is 0.107. The second kappa shape index (κ2) is 9.85. The molecule has 2 amide bonds. The van der Waals surface area contributed by atoms with E-state index in [4.69, 9.17) is 21.1 Å². The lowest BCUT2D eigenvalue weighted by Gasteiger charge is -2.21. The van der Waals surface area contributed by atoms with Crippen LogP contribution in [0.15, 0.2) is 66.7 Å². The fourth-order valence-corrected chi connectivity index (χ4v) is 4.74. The Bertz CT molecular complexity index is 1580. The Balaban J connectivity index is 1.58. The quantitative estimate of drug-likeness (QED) is 0.267. The van der Waals surface area contributed by atoms with Crippen LogP contribution in [-0.4, -0.2) is 28.5 Å². The topological polar surface area (TPSA) is 78.8 Å². The summed E-state index contributed by atoms with van der Waals surface area (Å²) in [7, 11) is 0. The molecule has 2 heterocycles. The zero-order chi connectivity index (χ0) is 27.9. The Morgan fingerprint density at radius 1 is 1.00 bits per heavy atom. The molecule has 1 saturated heterocycles. The molecule has 202 valence electrons. The number of alkyl halides is 3. The molecule has 4 aromatic rings. The van der Waals surface area contributed by atoms with Crippen molar-refractivity contribution in [1.29, 1.82) is 0 Å². The number of imide groups is 1. The number of fused-ring (bicyclic) bond motifs is 1. The van der Waals surface area contributed by atoms with Gasteiger partial charge in [-0.3, -0.25) is 10.1 Å². The third-order valence-corrected chi connectivity index (χ3v) is 6.75. The molecule has 1 aliphatic rings. The molecule has 1 atom stereocenters. The summed E-state index contributed by atoms with van der Waals surface area (Å²) < 4.78 is 56.4. The Morgan fingerprint density at radius 2 is 1.67 bits per heavy atom. The van der Waals surface area contributed by atoms with Crippen molar-refractivity contribution in [3.63, 3.8) is 0 Å². The van der Waals surface area contributed by atoms with Crippen LogP contribution < -0.4 is 14.8 Å². The van der Waals surface area contributed by atoms with Crippen LogP contribution >= 0.6 is 11.6 Å². The molecule has 5 rings (SSSR count). The Hall–Kier alpha value is -4.18. The zero-order valence-electron chi connectivity index (χ0n) is 20.8. The van der Waals surface area contributed by atoms with Gasteiger partial charge in [0.2, 0.25) is 0 Å². The Morgan fingerprint density at radius 3 is 2.31 bits per heavy atom. The van der Waals surface area contributed by atoms with E-state index < -0.39 is 24.0 Å². The van der Waals surface area contributed by atoms with Crippen LogP contribution in [0.1, 0.15) is 23.7 Å². The second-order valence-electron chi connectivity index (χ2n) is 9.30. The van der Waals surface area contributed by atoms with E-state index in [9.17, 15) is 22.8 Å². The molecule has 0 radical (unpaired) electrons. The summed E-state index contributed by atoms with van der Waals surface area (Å²) in [5.74, 6) is 0.0404. The highest BCUT2D eigenvalue weighted by Crippen LogP contribution is 2.39. The molecule has 11 heteroatoms. The van der Waals surface area contributed by atoms with Crippen molar-refractivity contribution in [2.45, 2.75) is 38.8 Å². The summed E-state index contributed by atoms with van der Waals surface area (Å²) in [6.45, 7) is 3.55. The van der Waals surface area contributed by atoms with E-state index in [1.54, 1.807) is 37.3 Å². The number of rotatable bonds is 7. The van der Waals surface area contributed by atoms with Gasteiger partial charge in [0.05, 0.1) is 11.2 Å². The highest BCUT2D eigenvalue weighted by Gasteiger charge is 2.45. The average Bonchev–Trinajstić information content (AvgIpc) is 3.26. The van der Waals surface area contributed by atoms with Crippen LogP contribution in [0.25, 0.3) is 10.9 Å². The molecular formula is C28H22ClF3N2O5. The summed E-state index contributed by atoms with van der Waals surface area (Å²) in [5.41, 5.74) is 1.21. The van der Waals surface area contributed by atoms with Crippen molar-refractivity contribution in [2.24, 2.45) is 0 Å². The molecule has 39 heavy (non-hydrogen) atoms. The lowest BCUT2D eigenvalue weighted by atomic mass is 9.92. The van der Waals surface area contributed by atoms with E-state index in [1.165, 1.54) is 25.1 Å². The van der Waals surface area contributed by atoms with Crippen LogP contribution in [-0.2, 0) is 22.5 Å². The number of nitrogens with zero attached hydrogens (tertiary/aromatic N) is 1. The van der Waals surface area contributed by atoms with E-state index in [2.05, 4.69) is 10.1 Å². The maximum Gasteiger partial charge on any atom is 0.573 e. The van der Waals surface area contributed by atoms with Crippen molar-refractivity contribution >= 4 is 34.5 Å². The number of carbonyl (C=O) groups excluding carboxylic acids is 2. The molecule has 7 nitrogen and oxygen atoms in total. The van der Waals surface area contributed by atoms with Crippen molar-refractivity contribution < 1.29 is 37.0 Å². The lowest BCUT2D eigenvalue weighted by Crippen LogP contribution is -2.38. The molecule has 1 aliphatic heterocycles. The molecular weight excluding hydrogens is 537 g/mol. The van der Waals surface area contributed by atoms with Gasteiger partial charge in [-0.1, -0.05) is 35.9 Å². The van der Waals surface area contributed by atoms with Crippen molar-refractivity contribution in [3.8, 4) is 17.2 Å². The molecule has 1 N–H and O–H groups in total. The molecule has 0 saturated carbocycles. The summed E-state index contributed by atoms with van der Waals surface area (Å²) in [4.78, 5) is 24.0. The van der Waals surface area contributed by atoms with E-state index in [0.717, 1.165) is 11.1 Å². The van der Waals surface area contributed by atoms with E-state index in [1.807, 2.05) is 22.8 Å². The van der Waals surface area contributed by atoms with E-state index in [0.29, 0.717) is 33.1 Å². The van der Waals surface area contributed by atoms with Crippen molar-refractivity contribution in [3.05, 3.63) is 88.6 Å². The number of hydrogen-bond donors (Lipinski definition) is 1. The SMILES string of the molecule is Cc1c(Oc2ccc(Cl)cc2)c2ccc(OC(F)(F)F)cc2n1Cc1ccccc1C[C@]1(C)OC(=O)NC1=O. The van der Waals surface area contributed by atoms with Crippen LogP contribution in [0.3, 0.4) is 0 Å². The van der Waals surface area contributed by atoms with E-state index in [-0.39, 0.29) is 18.7 Å². The van der Waals surface area contributed by atoms with Gasteiger partial charge in [0.15, 0.2) is 11.4 Å². The average molecular weight is 559 g/mol. The van der Waals surface area contributed by atoms with Gasteiger partial charge in [0.25, 0.3) is 5.91 Å². The van der Waals surface area contributed by atoms with Gasteiger partial charge < -0.3 is 18.8 Å². The Kier molecular flexibility index (Phi) is 6.67. The first-order chi connectivity index (χ1) is 18.4. The largest absolute Gasteiger partial charge is 0.573 e. The number of alkyl carbamates (subject to hydrolysis) is 1. The predicted molar refractivity (Wildman–Crippen MR) is 137 cm³/mol. The summed E-state index contributed by atoms with van der Waals surface area (Å²) in [5, 5.41) is 3.25. The van der Waals surface area contributed by atoms with Gasteiger partial charge in [0.1, 0.15) is 11.5 Å². The molecule has 1 aromatic heterocycles. The van der Waals surface area contributed by atoms with Gasteiger partial charge in [-0.2, -0.15) is 0 Å². The predicted octanol–water partition coefficient (Wildman–Crippen LogP) is 6.91. The number of ether oxygens (including phenoxy) is 3. The van der Waals surface area contributed by atoms with Gasteiger partial charge in [-0.25, -0.2) is 4.79 Å². The fourth-order valence-electron chi connectivity index (χ4n) is 4.61. The Labute approximate surface area is 226 Å². The first kappa shape index (κ1) is 26.4. The smallest absolute Gasteiger partial charge is 0.455 e. The number of amides is 2. The minimum Gasteiger partial charge on any atom is -0.455 e. The zero-order valence-corrected chi connectivity index (χ0v) is 21.5. The highest BCUT2D eigenvalue weighted by molar-refractivity contribution is 6.30. The lowest BCUT2D eigenvalue weighted by molar-refractivity contribution is -0.274. The minimum atomic E-state index is -4.86. The van der Waals surface area contributed by atoms with Gasteiger partial charge in [-0.15, -0.1) is 13.2 Å². The number of carbonyl (C=O) groups is 2. The fraction of sp³-hybridized carbons (Fsp3) is 0.214. The summed E-state index contributed by atoms with van der Waals surface area (Å²) >= 11 is 5.99. The van der Waals surface area contributed by atoms with Gasteiger partial charge >= 0.3 is 12.5 Å². The molecule has 0 aliphatic carbocycles. The molecule has 1 fully saturated rings. The molecule has 0 bridgehead atoms. The standard InChI is InChI=1S/C28H22ClF3N2O5/c1-16-24(37-20-9-7-19(29)8-10-20)22-12-11-21(38-28(30,31)32)13-23(22)34(16)15-18-6-4-3-5-17(18)14-27(2)25(35)33-26(36)39-27/h3-13H,14-15H2,1-2H3,(H,33,35,36)/t27-/m0/s1. The second-order valence-corrected chi connectivity index (χ2v) is 9.74. The third-order valence-electron chi connectivity index (χ3n) is 6.49. The van der Waals surface area contributed by atoms with Gasteiger partial charge in [-0.05, 0) is 61.4 Å². The van der Waals surface area contributed by atoms with Crippen molar-refractivity contribution in [1.82, 2.24) is 9.88 Å². The molecule has 0 unspecified atom stereocenters. The number of hydrogen-bond acceptors (Lipinski definition) is 5.